The molecule has 0 spiro atoms. The van der Waals surface area contributed by atoms with Crippen molar-refractivity contribution in [1.29, 1.82) is 0 Å². The number of nitrogens with zero attached hydrogens (tertiary/aromatic N) is 1. The first kappa shape index (κ1) is 24.4. The minimum absolute atomic E-state index is 0.00614. The van der Waals surface area contributed by atoms with E-state index in [4.69, 9.17) is 4.18 Å². The summed E-state index contributed by atoms with van der Waals surface area (Å²) in [6.07, 6.45) is 1.32. The number of carbonyl (C=O) groups excluding carboxylic acids is 3. The number of barbiturate groups is 1. The summed E-state index contributed by atoms with van der Waals surface area (Å²) in [5.74, 6) is -1.57. The highest BCUT2D eigenvalue weighted by atomic mass is 79.9. The van der Waals surface area contributed by atoms with Crippen molar-refractivity contribution in [3.05, 3.63) is 93.5 Å². The molecule has 4 amide bonds. The van der Waals surface area contributed by atoms with Gasteiger partial charge < -0.3 is 4.18 Å². The van der Waals surface area contributed by atoms with E-state index in [-0.39, 0.29) is 20.7 Å². The molecule has 0 unspecified atom stereocenters. The van der Waals surface area contributed by atoms with Crippen LogP contribution in [0.15, 0.2) is 81.7 Å². The van der Waals surface area contributed by atoms with Gasteiger partial charge in [-0.15, -0.1) is 0 Å². The van der Waals surface area contributed by atoms with E-state index < -0.39 is 28.0 Å². The van der Waals surface area contributed by atoms with Crippen LogP contribution in [-0.2, 0) is 19.7 Å². The molecule has 1 N–H and O–H groups in total. The van der Waals surface area contributed by atoms with Crippen molar-refractivity contribution in [2.75, 3.05) is 4.90 Å². The van der Waals surface area contributed by atoms with E-state index in [9.17, 15) is 22.8 Å². The molecule has 1 aliphatic heterocycles. The summed E-state index contributed by atoms with van der Waals surface area (Å²) in [6, 6.07) is 16.6. The topological polar surface area (TPSA) is 110 Å². The van der Waals surface area contributed by atoms with Gasteiger partial charge in [-0.05, 0) is 77.3 Å². The molecule has 1 fully saturated rings. The van der Waals surface area contributed by atoms with Crippen LogP contribution in [-0.4, -0.2) is 26.3 Å². The van der Waals surface area contributed by atoms with Gasteiger partial charge >= 0.3 is 16.1 Å². The van der Waals surface area contributed by atoms with Gasteiger partial charge in [-0.25, -0.2) is 9.69 Å². The number of benzene rings is 3. The van der Waals surface area contributed by atoms with Crippen LogP contribution < -0.4 is 14.4 Å². The second-order valence-electron chi connectivity index (χ2n) is 7.78. The molecule has 0 aromatic heterocycles. The van der Waals surface area contributed by atoms with Crippen LogP contribution in [0.4, 0.5) is 10.5 Å². The minimum Gasteiger partial charge on any atom is -0.378 e. The number of imide groups is 2. The minimum atomic E-state index is -4.07. The fraction of sp³-hybridized carbons (Fsp3) is 0.0800. The summed E-state index contributed by atoms with van der Waals surface area (Å²) in [5, 5.41) is 2.18. The molecule has 0 saturated carbocycles. The Bertz CT molecular complexity index is 1500. The zero-order chi connectivity index (χ0) is 25.3. The Morgan fingerprint density at radius 1 is 0.943 bits per heavy atom. The Labute approximate surface area is 210 Å². The Morgan fingerprint density at radius 3 is 2.29 bits per heavy atom. The van der Waals surface area contributed by atoms with Crippen LogP contribution in [0.1, 0.15) is 16.7 Å². The third-order valence-corrected chi connectivity index (χ3v) is 7.10. The molecule has 1 saturated heterocycles. The molecule has 4 rings (SSSR count). The van der Waals surface area contributed by atoms with Gasteiger partial charge in [0.05, 0.1) is 10.2 Å². The molecule has 0 bridgehead atoms. The lowest BCUT2D eigenvalue weighted by Crippen LogP contribution is -2.54. The quantitative estimate of drug-likeness (QED) is 0.282. The van der Waals surface area contributed by atoms with Crippen LogP contribution >= 0.6 is 15.9 Å². The summed E-state index contributed by atoms with van der Waals surface area (Å²) in [5.41, 5.74) is 2.12. The number of anilines is 1. The number of rotatable bonds is 5. The maximum atomic E-state index is 13.1. The third kappa shape index (κ3) is 5.03. The molecule has 1 heterocycles. The highest BCUT2D eigenvalue weighted by Gasteiger charge is 2.37. The summed E-state index contributed by atoms with van der Waals surface area (Å²) in [7, 11) is -4.07. The summed E-state index contributed by atoms with van der Waals surface area (Å²) >= 11 is 3.28. The molecular formula is C25H19BrN2O6S. The number of nitrogens with one attached hydrogen (secondary N) is 1. The van der Waals surface area contributed by atoms with Gasteiger partial charge in [0, 0.05) is 0 Å². The SMILES string of the molecule is Cc1ccc(S(=O)(=O)Oc2ccc(/C=C3\C(=O)NC(=O)N(c4ccccc4C)C3=O)cc2Br)cc1. The van der Waals surface area contributed by atoms with Crippen molar-refractivity contribution in [2.45, 2.75) is 18.7 Å². The third-order valence-electron chi connectivity index (χ3n) is 5.23. The van der Waals surface area contributed by atoms with Crippen LogP contribution in [0.5, 0.6) is 5.75 Å². The van der Waals surface area contributed by atoms with E-state index in [2.05, 4.69) is 21.2 Å². The highest BCUT2D eigenvalue weighted by molar-refractivity contribution is 9.10. The molecule has 0 radical (unpaired) electrons. The molecule has 10 heteroatoms. The molecule has 35 heavy (non-hydrogen) atoms. The first-order valence-corrected chi connectivity index (χ1v) is 12.5. The van der Waals surface area contributed by atoms with E-state index in [1.165, 1.54) is 36.4 Å². The zero-order valence-corrected chi connectivity index (χ0v) is 21.0. The van der Waals surface area contributed by atoms with Crippen LogP contribution in [0.25, 0.3) is 6.08 Å². The average Bonchev–Trinajstić information content (AvgIpc) is 2.80. The Hall–Kier alpha value is -3.76. The Morgan fingerprint density at radius 2 is 1.63 bits per heavy atom. The van der Waals surface area contributed by atoms with Gasteiger partial charge in [0.1, 0.15) is 10.5 Å². The van der Waals surface area contributed by atoms with Crippen molar-refractivity contribution in [3.8, 4) is 5.75 Å². The van der Waals surface area contributed by atoms with E-state index in [0.717, 1.165) is 10.5 Å². The average molecular weight is 555 g/mol. The number of para-hydroxylation sites is 1. The van der Waals surface area contributed by atoms with E-state index in [1.807, 2.05) is 6.92 Å². The van der Waals surface area contributed by atoms with Gasteiger partial charge in [-0.2, -0.15) is 8.42 Å². The predicted octanol–water partition coefficient (Wildman–Crippen LogP) is 4.50. The number of carbonyl (C=O) groups is 3. The first-order valence-electron chi connectivity index (χ1n) is 10.3. The van der Waals surface area contributed by atoms with Crippen molar-refractivity contribution < 1.29 is 27.0 Å². The molecular weight excluding hydrogens is 536 g/mol. The number of urea groups is 1. The molecule has 178 valence electrons. The van der Waals surface area contributed by atoms with Gasteiger partial charge in [0.2, 0.25) is 0 Å². The maximum Gasteiger partial charge on any atom is 0.339 e. The molecule has 0 atom stereocenters. The summed E-state index contributed by atoms with van der Waals surface area (Å²) in [4.78, 5) is 38.8. The van der Waals surface area contributed by atoms with E-state index in [0.29, 0.717) is 16.8 Å². The fourth-order valence-corrected chi connectivity index (χ4v) is 4.93. The lowest BCUT2D eigenvalue weighted by molar-refractivity contribution is -0.122. The second-order valence-corrected chi connectivity index (χ2v) is 10.2. The van der Waals surface area contributed by atoms with Crippen molar-refractivity contribution in [1.82, 2.24) is 5.32 Å². The van der Waals surface area contributed by atoms with Gasteiger partial charge in [-0.3, -0.25) is 14.9 Å². The first-order chi connectivity index (χ1) is 16.6. The lowest BCUT2D eigenvalue weighted by atomic mass is 10.1. The van der Waals surface area contributed by atoms with Crippen molar-refractivity contribution >= 4 is 55.7 Å². The van der Waals surface area contributed by atoms with Crippen LogP contribution in [0, 0.1) is 13.8 Å². The van der Waals surface area contributed by atoms with Gasteiger partial charge in [0.15, 0.2) is 5.75 Å². The standard InChI is InChI=1S/C25H19BrN2O6S/c1-15-7-10-18(11-8-15)35(32,33)34-22-12-9-17(14-20(22)26)13-19-23(29)27-25(31)28(24(19)30)21-6-4-3-5-16(21)2/h3-14H,1-2H3,(H,27,29,31)/b19-13+. The van der Waals surface area contributed by atoms with Gasteiger partial charge in [-0.1, -0.05) is 42.0 Å². The maximum absolute atomic E-state index is 13.1. The largest absolute Gasteiger partial charge is 0.378 e. The second kappa shape index (κ2) is 9.47. The molecule has 0 aliphatic carbocycles. The molecule has 3 aromatic rings. The van der Waals surface area contributed by atoms with Gasteiger partial charge in [0.25, 0.3) is 11.8 Å². The molecule has 1 aliphatic rings. The molecule has 8 nitrogen and oxygen atoms in total. The normalized spacial score (nSPS) is 15.3. The fourth-order valence-electron chi connectivity index (χ4n) is 3.40. The number of amides is 4. The van der Waals surface area contributed by atoms with Crippen LogP contribution in [0.3, 0.4) is 0 Å². The van der Waals surface area contributed by atoms with E-state index >= 15 is 0 Å². The number of hydrogen-bond acceptors (Lipinski definition) is 6. The highest BCUT2D eigenvalue weighted by Crippen LogP contribution is 2.31. The zero-order valence-electron chi connectivity index (χ0n) is 18.6. The number of halogens is 1. The Kier molecular flexibility index (Phi) is 6.60. The van der Waals surface area contributed by atoms with Crippen molar-refractivity contribution in [3.63, 3.8) is 0 Å². The number of aryl methyl sites for hydroxylation is 2. The van der Waals surface area contributed by atoms with Crippen molar-refractivity contribution in [2.24, 2.45) is 0 Å². The smallest absolute Gasteiger partial charge is 0.339 e. The van der Waals surface area contributed by atoms with Crippen LogP contribution in [0.2, 0.25) is 0 Å². The lowest BCUT2D eigenvalue weighted by Gasteiger charge is -2.27. The Balaban J connectivity index is 1.63. The predicted molar refractivity (Wildman–Crippen MR) is 133 cm³/mol. The summed E-state index contributed by atoms with van der Waals surface area (Å²) in [6.45, 7) is 3.59. The monoisotopic (exact) mass is 554 g/mol. The number of hydrogen-bond donors (Lipinski definition) is 1. The molecule has 3 aromatic carbocycles. The summed E-state index contributed by atoms with van der Waals surface area (Å²) < 4.78 is 30.7. The van der Waals surface area contributed by atoms with E-state index in [1.54, 1.807) is 43.3 Å².